The van der Waals surface area contributed by atoms with Crippen molar-refractivity contribution >= 4 is 11.8 Å². The Hall–Kier alpha value is -2.50. The van der Waals surface area contributed by atoms with E-state index in [4.69, 9.17) is 0 Å². The molecule has 0 aliphatic heterocycles. The lowest BCUT2D eigenvalue weighted by atomic mass is 9.95. The van der Waals surface area contributed by atoms with E-state index in [1.165, 1.54) is 13.2 Å². The first kappa shape index (κ1) is 14.4. The van der Waals surface area contributed by atoms with E-state index < -0.39 is 5.97 Å². The number of nitrogens with one attached hydrogen (secondary N) is 1. The Morgan fingerprint density at radius 3 is 2.64 bits per heavy atom. The zero-order valence-corrected chi connectivity index (χ0v) is 12.2. The van der Waals surface area contributed by atoms with Crippen LogP contribution in [0.1, 0.15) is 28.9 Å². The largest absolute Gasteiger partial charge is 0.464 e. The van der Waals surface area contributed by atoms with Crippen molar-refractivity contribution in [2.75, 3.05) is 19.0 Å². The van der Waals surface area contributed by atoms with E-state index >= 15 is 0 Å². The summed E-state index contributed by atoms with van der Waals surface area (Å²) in [6, 6.07) is 10.1. The van der Waals surface area contributed by atoms with E-state index in [1.54, 1.807) is 18.2 Å². The minimum Gasteiger partial charge on any atom is -0.464 e. The number of methoxy groups -OCH3 is 1. The van der Waals surface area contributed by atoms with Crippen molar-refractivity contribution < 1.29 is 13.9 Å². The number of anilines is 1. The molecule has 1 aliphatic rings. The average Bonchev–Trinajstić information content (AvgIpc) is 3.34. The van der Waals surface area contributed by atoms with Gasteiger partial charge < -0.3 is 10.1 Å². The van der Waals surface area contributed by atoms with Crippen LogP contribution in [0.3, 0.4) is 0 Å². The van der Waals surface area contributed by atoms with Gasteiger partial charge in [-0.25, -0.2) is 9.18 Å². The van der Waals surface area contributed by atoms with Gasteiger partial charge in [0.15, 0.2) is 5.69 Å². The van der Waals surface area contributed by atoms with Gasteiger partial charge in [-0.15, -0.1) is 10.2 Å². The van der Waals surface area contributed by atoms with E-state index in [-0.39, 0.29) is 16.9 Å². The molecular weight excluding hydrogens is 285 g/mol. The van der Waals surface area contributed by atoms with Crippen LogP contribution in [0.25, 0.3) is 0 Å². The highest BCUT2D eigenvalue weighted by Crippen LogP contribution is 2.48. The first-order valence-corrected chi connectivity index (χ1v) is 7.05. The summed E-state index contributed by atoms with van der Waals surface area (Å²) in [5, 5.41) is 10.9. The number of rotatable bonds is 5. The highest BCUT2D eigenvalue weighted by atomic mass is 19.1. The van der Waals surface area contributed by atoms with Gasteiger partial charge in [0.1, 0.15) is 11.6 Å². The molecule has 1 N–H and O–H groups in total. The van der Waals surface area contributed by atoms with Crippen LogP contribution in [0.4, 0.5) is 10.2 Å². The number of esters is 1. The van der Waals surface area contributed by atoms with Gasteiger partial charge in [-0.05, 0) is 36.6 Å². The molecular formula is C16H16FN3O2. The molecule has 1 aromatic heterocycles. The van der Waals surface area contributed by atoms with E-state index in [0.29, 0.717) is 12.4 Å². The Bertz CT molecular complexity index is 684. The summed E-state index contributed by atoms with van der Waals surface area (Å²) in [6.07, 6.45) is 1.88. The Labute approximate surface area is 127 Å². The van der Waals surface area contributed by atoms with Crippen LogP contribution in [0.2, 0.25) is 0 Å². The maximum Gasteiger partial charge on any atom is 0.358 e. The molecule has 0 unspecified atom stereocenters. The Balaban J connectivity index is 1.68. The van der Waals surface area contributed by atoms with Crippen LogP contribution in [-0.2, 0) is 10.2 Å². The van der Waals surface area contributed by atoms with Crippen LogP contribution < -0.4 is 5.32 Å². The highest BCUT2D eigenvalue weighted by Gasteiger charge is 2.45. The fourth-order valence-electron chi connectivity index (χ4n) is 2.48. The summed E-state index contributed by atoms with van der Waals surface area (Å²) in [4.78, 5) is 11.3. The van der Waals surface area contributed by atoms with Crippen LogP contribution in [0, 0.1) is 5.82 Å². The van der Waals surface area contributed by atoms with Crippen molar-refractivity contribution in [3.63, 3.8) is 0 Å². The maximum atomic E-state index is 13.9. The predicted molar refractivity (Wildman–Crippen MR) is 79.2 cm³/mol. The molecule has 5 nitrogen and oxygen atoms in total. The number of benzene rings is 1. The number of carbonyl (C=O) groups excluding carboxylic acids is 1. The minimum atomic E-state index is -0.524. The van der Waals surface area contributed by atoms with Gasteiger partial charge in [-0.1, -0.05) is 18.2 Å². The number of hydrogen-bond acceptors (Lipinski definition) is 5. The number of carbonyl (C=O) groups is 1. The van der Waals surface area contributed by atoms with Gasteiger partial charge in [-0.2, -0.15) is 0 Å². The lowest BCUT2D eigenvalue weighted by Gasteiger charge is -2.17. The lowest BCUT2D eigenvalue weighted by molar-refractivity contribution is 0.0593. The van der Waals surface area contributed by atoms with Crippen LogP contribution >= 0.6 is 0 Å². The summed E-state index contributed by atoms with van der Waals surface area (Å²) in [5.41, 5.74) is 0.721. The first-order chi connectivity index (χ1) is 10.6. The molecule has 1 saturated carbocycles. The van der Waals surface area contributed by atoms with E-state index in [2.05, 4.69) is 20.3 Å². The smallest absolute Gasteiger partial charge is 0.358 e. The summed E-state index contributed by atoms with van der Waals surface area (Å²) >= 11 is 0. The average molecular weight is 301 g/mol. The second kappa shape index (κ2) is 5.71. The predicted octanol–water partition coefficient (Wildman–Crippen LogP) is 2.55. The standard InChI is InChI=1S/C16H16FN3O2/c1-22-15(21)13-6-7-14(20-19-13)18-10-16(8-9-16)11-4-2-3-5-12(11)17/h2-7H,8-10H2,1H3,(H,18,20). The molecule has 0 saturated heterocycles. The molecule has 1 fully saturated rings. The Kier molecular flexibility index (Phi) is 3.75. The summed E-state index contributed by atoms with van der Waals surface area (Å²) in [7, 11) is 1.29. The van der Waals surface area contributed by atoms with Crippen LogP contribution in [0.15, 0.2) is 36.4 Å². The molecule has 0 amide bonds. The fraction of sp³-hybridized carbons (Fsp3) is 0.312. The third-order valence-electron chi connectivity index (χ3n) is 3.97. The van der Waals surface area contributed by atoms with E-state index in [9.17, 15) is 9.18 Å². The van der Waals surface area contributed by atoms with Crippen LogP contribution in [-0.4, -0.2) is 29.8 Å². The fourth-order valence-corrected chi connectivity index (χ4v) is 2.48. The van der Waals surface area contributed by atoms with E-state index in [0.717, 1.165) is 18.4 Å². The molecule has 0 atom stereocenters. The molecule has 2 aromatic rings. The molecule has 1 heterocycles. The number of halogens is 1. The Morgan fingerprint density at radius 1 is 1.27 bits per heavy atom. The number of nitrogens with zero attached hydrogens (tertiary/aromatic N) is 2. The van der Waals surface area contributed by atoms with Gasteiger partial charge in [0.25, 0.3) is 0 Å². The number of hydrogen-bond donors (Lipinski definition) is 1. The summed E-state index contributed by atoms with van der Waals surface area (Å²) in [5.74, 6) is -0.145. The summed E-state index contributed by atoms with van der Waals surface area (Å²) < 4.78 is 18.5. The topological polar surface area (TPSA) is 64.1 Å². The Morgan fingerprint density at radius 2 is 2.05 bits per heavy atom. The zero-order chi connectivity index (χ0) is 15.6. The van der Waals surface area contributed by atoms with Crippen molar-refractivity contribution in [2.45, 2.75) is 18.3 Å². The van der Waals surface area contributed by atoms with Gasteiger partial charge in [0.05, 0.1) is 7.11 Å². The third-order valence-corrected chi connectivity index (χ3v) is 3.97. The maximum absolute atomic E-state index is 13.9. The monoisotopic (exact) mass is 301 g/mol. The first-order valence-electron chi connectivity index (χ1n) is 7.05. The highest BCUT2D eigenvalue weighted by molar-refractivity contribution is 5.86. The molecule has 6 heteroatoms. The van der Waals surface area contributed by atoms with Gasteiger partial charge in [0.2, 0.25) is 0 Å². The third kappa shape index (κ3) is 2.77. The molecule has 1 aliphatic carbocycles. The van der Waals surface area contributed by atoms with Crippen molar-refractivity contribution in [3.05, 3.63) is 53.5 Å². The SMILES string of the molecule is COC(=O)c1ccc(NCC2(c3ccccc3F)CC2)nn1. The number of aromatic nitrogens is 2. The van der Waals surface area contributed by atoms with Gasteiger partial charge >= 0.3 is 5.97 Å². The van der Waals surface area contributed by atoms with Crippen molar-refractivity contribution in [2.24, 2.45) is 0 Å². The second-order valence-corrected chi connectivity index (χ2v) is 5.41. The van der Waals surface area contributed by atoms with Crippen molar-refractivity contribution in [3.8, 4) is 0 Å². The van der Waals surface area contributed by atoms with Gasteiger partial charge in [-0.3, -0.25) is 0 Å². The zero-order valence-electron chi connectivity index (χ0n) is 12.2. The quantitative estimate of drug-likeness (QED) is 0.860. The normalized spacial score (nSPS) is 15.2. The molecule has 114 valence electrons. The molecule has 22 heavy (non-hydrogen) atoms. The molecule has 1 aromatic carbocycles. The molecule has 0 spiro atoms. The van der Waals surface area contributed by atoms with Crippen LogP contribution in [0.5, 0.6) is 0 Å². The number of ether oxygens (including phenoxy) is 1. The van der Waals surface area contributed by atoms with Gasteiger partial charge in [0, 0.05) is 12.0 Å². The van der Waals surface area contributed by atoms with Crippen molar-refractivity contribution in [1.82, 2.24) is 10.2 Å². The molecule has 0 radical (unpaired) electrons. The van der Waals surface area contributed by atoms with E-state index in [1.807, 2.05) is 12.1 Å². The lowest BCUT2D eigenvalue weighted by Crippen LogP contribution is -2.21. The minimum absolute atomic E-state index is 0.156. The van der Waals surface area contributed by atoms with Crippen molar-refractivity contribution in [1.29, 1.82) is 0 Å². The molecule has 3 rings (SSSR count). The second-order valence-electron chi connectivity index (χ2n) is 5.41. The summed E-state index contributed by atoms with van der Waals surface area (Å²) in [6.45, 7) is 0.584. The molecule has 0 bridgehead atoms.